The minimum atomic E-state index is -0.976. The normalized spacial score (nSPS) is 15.5. The van der Waals surface area contributed by atoms with Gasteiger partial charge in [-0.1, -0.05) is 20.8 Å². The molecule has 2 N–H and O–H groups in total. The third-order valence-electron chi connectivity index (χ3n) is 3.99. The Morgan fingerprint density at radius 1 is 1.29 bits per heavy atom. The Morgan fingerprint density at radius 2 is 1.90 bits per heavy atom. The maximum atomic E-state index is 11.4. The Labute approximate surface area is 125 Å². The van der Waals surface area contributed by atoms with Crippen LogP contribution in [0.2, 0.25) is 0 Å². The van der Waals surface area contributed by atoms with E-state index in [1.54, 1.807) is 12.1 Å². The van der Waals surface area contributed by atoms with E-state index in [0.29, 0.717) is 11.6 Å². The highest BCUT2D eigenvalue weighted by molar-refractivity contribution is 5.97. The van der Waals surface area contributed by atoms with Gasteiger partial charge in [0.1, 0.15) is 0 Å². The van der Waals surface area contributed by atoms with Gasteiger partial charge in [-0.3, -0.25) is 4.79 Å². The smallest absolute Gasteiger partial charge is 0.337 e. The summed E-state index contributed by atoms with van der Waals surface area (Å²) in [5, 5.41) is 12.0. The Morgan fingerprint density at radius 3 is 2.38 bits per heavy atom. The molecule has 1 aliphatic rings. The number of carbonyl (C=O) groups excluding carboxylic acids is 1. The number of carbonyl (C=O) groups is 2. The van der Waals surface area contributed by atoms with Crippen molar-refractivity contribution < 1.29 is 14.7 Å². The van der Waals surface area contributed by atoms with Crippen molar-refractivity contribution in [3.05, 3.63) is 23.8 Å². The molecule has 1 aliphatic heterocycles. The van der Waals surface area contributed by atoms with Crippen molar-refractivity contribution >= 4 is 23.3 Å². The van der Waals surface area contributed by atoms with Crippen LogP contribution in [0.25, 0.3) is 0 Å². The molecule has 1 aromatic rings. The van der Waals surface area contributed by atoms with Gasteiger partial charge in [-0.15, -0.1) is 0 Å². The average molecular weight is 290 g/mol. The third-order valence-corrected chi connectivity index (χ3v) is 3.99. The lowest BCUT2D eigenvalue weighted by Gasteiger charge is -2.48. The van der Waals surface area contributed by atoms with E-state index in [1.165, 1.54) is 13.0 Å². The highest BCUT2D eigenvalue weighted by Crippen LogP contribution is 2.38. The zero-order valence-corrected chi connectivity index (χ0v) is 12.9. The molecule has 0 saturated carbocycles. The molecule has 2 rings (SSSR count). The van der Waals surface area contributed by atoms with E-state index in [9.17, 15) is 14.7 Å². The molecule has 0 aliphatic carbocycles. The molecule has 1 aromatic carbocycles. The van der Waals surface area contributed by atoms with Crippen molar-refractivity contribution in [2.45, 2.75) is 27.7 Å². The summed E-state index contributed by atoms with van der Waals surface area (Å²) >= 11 is 0. The zero-order valence-electron chi connectivity index (χ0n) is 12.9. The predicted octanol–water partition coefficient (Wildman–Crippen LogP) is 2.83. The second-order valence-corrected chi connectivity index (χ2v) is 6.69. The number of amides is 1. The maximum Gasteiger partial charge on any atom is 0.337 e. The van der Waals surface area contributed by atoms with Gasteiger partial charge in [0.15, 0.2) is 0 Å². The van der Waals surface area contributed by atoms with Crippen molar-refractivity contribution in [2.24, 2.45) is 11.3 Å². The lowest BCUT2D eigenvalue weighted by Crippen LogP contribution is -2.52. The molecule has 1 saturated heterocycles. The highest BCUT2D eigenvalue weighted by Gasteiger charge is 2.37. The van der Waals surface area contributed by atoms with E-state index in [2.05, 4.69) is 31.0 Å². The van der Waals surface area contributed by atoms with E-state index in [4.69, 9.17) is 0 Å². The van der Waals surface area contributed by atoms with Gasteiger partial charge in [0.05, 0.1) is 11.3 Å². The summed E-state index contributed by atoms with van der Waals surface area (Å²) in [6.45, 7) is 9.73. The van der Waals surface area contributed by atoms with Gasteiger partial charge < -0.3 is 15.3 Å². The number of carboxylic acid groups (broad SMARTS) is 1. The fraction of sp³-hybridized carbons (Fsp3) is 0.500. The third kappa shape index (κ3) is 3.35. The summed E-state index contributed by atoms with van der Waals surface area (Å²) in [7, 11) is 0. The van der Waals surface area contributed by atoms with Crippen LogP contribution in [-0.2, 0) is 4.79 Å². The second-order valence-electron chi connectivity index (χ2n) is 6.69. The number of benzene rings is 1. The molecule has 0 unspecified atom stereocenters. The number of hydrogen-bond acceptors (Lipinski definition) is 3. The average Bonchev–Trinajstić information content (AvgIpc) is 2.25. The molecule has 5 heteroatoms. The molecule has 0 aromatic heterocycles. The van der Waals surface area contributed by atoms with Crippen LogP contribution in [0.3, 0.4) is 0 Å². The topological polar surface area (TPSA) is 69.6 Å². The standard InChI is InChI=1S/C16H22N2O3/c1-10(19)17-12-5-6-14(13(7-12)15(20)21)18-8-11(9-18)16(2,3)4/h5-7,11H,8-9H2,1-4H3,(H,17,19)(H,20,21). The Hall–Kier alpha value is -2.04. The lowest BCUT2D eigenvalue weighted by atomic mass is 9.75. The number of aromatic carboxylic acids is 1. The summed E-state index contributed by atoms with van der Waals surface area (Å²) in [6, 6.07) is 5.03. The van der Waals surface area contributed by atoms with Crippen LogP contribution in [0.15, 0.2) is 18.2 Å². The Bertz CT molecular complexity index is 569. The first-order valence-corrected chi connectivity index (χ1v) is 7.08. The van der Waals surface area contributed by atoms with Crippen LogP contribution in [0.5, 0.6) is 0 Å². The van der Waals surface area contributed by atoms with Crippen LogP contribution < -0.4 is 10.2 Å². The second kappa shape index (κ2) is 5.39. The first-order chi connectivity index (χ1) is 9.68. The summed E-state index contributed by atoms with van der Waals surface area (Å²) in [5.74, 6) is -0.624. The molecule has 1 fully saturated rings. The number of anilines is 2. The van der Waals surface area contributed by atoms with Crippen LogP contribution in [0.4, 0.5) is 11.4 Å². The molecular weight excluding hydrogens is 268 g/mol. The van der Waals surface area contributed by atoms with Crippen molar-refractivity contribution in [2.75, 3.05) is 23.3 Å². The SMILES string of the molecule is CC(=O)Nc1ccc(N2CC(C(C)(C)C)C2)c(C(=O)O)c1. The van der Waals surface area contributed by atoms with Gasteiger partial charge in [0.25, 0.3) is 0 Å². The number of carboxylic acids is 1. The highest BCUT2D eigenvalue weighted by atomic mass is 16.4. The van der Waals surface area contributed by atoms with Gasteiger partial charge >= 0.3 is 5.97 Å². The predicted molar refractivity (Wildman–Crippen MR) is 82.9 cm³/mol. The number of nitrogens with zero attached hydrogens (tertiary/aromatic N) is 1. The van der Waals surface area contributed by atoms with Crippen LogP contribution in [0.1, 0.15) is 38.1 Å². The van der Waals surface area contributed by atoms with Gasteiger partial charge in [-0.05, 0) is 29.5 Å². The molecule has 1 amide bonds. The molecule has 0 atom stereocenters. The quantitative estimate of drug-likeness (QED) is 0.898. The first kappa shape index (κ1) is 15.4. The number of hydrogen-bond donors (Lipinski definition) is 2. The fourth-order valence-corrected chi connectivity index (χ4v) is 2.49. The molecule has 21 heavy (non-hydrogen) atoms. The number of nitrogens with one attached hydrogen (secondary N) is 1. The van der Waals surface area contributed by atoms with Crippen molar-refractivity contribution in [1.82, 2.24) is 0 Å². The maximum absolute atomic E-state index is 11.4. The van der Waals surface area contributed by atoms with Crippen LogP contribution in [-0.4, -0.2) is 30.1 Å². The molecule has 1 heterocycles. The van der Waals surface area contributed by atoms with Gasteiger partial charge in [-0.25, -0.2) is 4.79 Å². The molecule has 0 bridgehead atoms. The summed E-state index contributed by atoms with van der Waals surface area (Å²) < 4.78 is 0. The zero-order chi connectivity index (χ0) is 15.8. The lowest BCUT2D eigenvalue weighted by molar-refractivity contribution is -0.114. The molecule has 0 radical (unpaired) electrons. The Balaban J connectivity index is 2.21. The van der Waals surface area contributed by atoms with E-state index in [0.717, 1.165) is 18.8 Å². The van der Waals surface area contributed by atoms with Crippen LogP contribution >= 0.6 is 0 Å². The molecular formula is C16H22N2O3. The van der Waals surface area contributed by atoms with E-state index in [-0.39, 0.29) is 16.9 Å². The molecule has 114 valence electrons. The summed E-state index contributed by atoms with van der Waals surface area (Å²) in [5.41, 5.74) is 1.69. The van der Waals surface area contributed by atoms with Crippen LogP contribution in [0, 0.1) is 11.3 Å². The van der Waals surface area contributed by atoms with Gasteiger partial charge in [0, 0.05) is 25.7 Å². The molecule has 0 spiro atoms. The fourth-order valence-electron chi connectivity index (χ4n) is 2.49. The van der Waals surface area contributed by atoms with E-state index >= 15 is 0 Å². The summed E-state index contributed by atoms with van der Waals surface area (Å²) in [4.78, 5) is 24.6. The van der Waals surface area contributed by atoms with Crippen molar-refractivity contribution in [3.8, 4) is 0 Å². The minimum Gasteiger partial charge on any atom is -0.478 e. The molecule has 5 nitrogen and oxygen atoms in total. The largest absolute Gasteiger partial charge is 0.478 e. The first-order valence-electron chi connectivity index (χ1n) is 7.08. The summed E-state index contributed by atoms with van der Waals surface area (Å²) in [6.07, 6.45) is 0. The van der Waals surface area contributed by atoms with E-state index in [1.807, 2.05) is 0 Å². The van der Waals surface area contributed by atoms with Gasteiger partial charge in [-0.2, -0.15) is 0 Å². The van der Waals surface area contributed by atoms with Crippen molar-refractivity contribution in [1.29, 1.82) is 0 Å². The van der Waals surface area contributed by atoms with E-state index < -0.39 is 5.97 Å². The Kier molecular flexibility index (Phi) is 3.94. The number of rotatable bonds is 3. The van der Waals surface area contributed by atoms with Crippen molar-refractivity contribution in [3.63, 3.8) is 0 Å². The minimum absolute atomic E-state index is 0.212. The monoisotopic (exact) mass is 290 g/mol. The van der Waals surface area contributed by atoms with Gasteiger partial charge in [0.2, 0.25) is 5.91 Å².